The van der Waals surface area contributed by atoms with Crippen molar-refractivity contribution < 1.29 is 22.9 Å². The van der Waals surface area contributed by atoms with Gasteiger partial charge in [0.1, 0.15) is 6.04 Å². The highest BCUT2D eigenvalue weighted by molar-refractivity contribution is 9.10. The van der Waals surface area contributed by atoms with Crippen LogP contribution >= 0.6 is 15.9 Å². The highest BCUT2D eigenvalue weighted by Gasteiger charge is 2.41. The van der Waals surface area contributed by atoms with E-state index in [9.17, 15) is 23.3 Å². The lowest BCUT2D eigenvalue weighted by Gasteiger charge is -2.32. The minimum atomic E-state index is -4.19. The van der Waals surface area contributed by atoms with Crippen molar-refractivity contribution in [2.24, 2.45) is 0 Å². The summed E-state index contributed by atoms with van der Waals surface area (Å²) >= 11 is 3.09. The van der Waals surface area contributed by atoms with Gasteiger partial charge >= 0.3 is 5.97 Å². The number of hydrogen-bond acceptors (Lipinski definition) is 6. The standard InChI is InChI=1S/C13H15BrN2O6S/c1-22-13(17)10-4-2-3-7-15(10)23(20,21)12-6-5-9(14)8-11(12)16(18)19/h5-6,8,10H,2-4,7H2,1H3. The van der Waals surface area contributed by atoms with Crippen LogP contribution in [0.15, 0.2) is 27.6 Å². The van der Waals surface area contributed by atoms with Gasteiger partial charge in [0, 0.05) is 17.1 Å². The summed E-state index contributed by atoms with van der Waals surface area (Å²) in [5, 5.41) is 11.2. The molecule has 8 nitrogen and oxygen atoms in total. The SMILES string of the molecule is COC(=O)C1CCCCN1S(=O)(=O)c1ccc(Br)cc1[N+](=O)[O-]. The van der Waals surface area contributed by atoms with E-state index >= 15 is 0 Å². The predicted molar refractivity (Wildman–Crippen MR) is 84.3 cm³/mol. The quantitative estimate of drug-likeness (QED) is 0.430. The number of nitro groups is 1. The lowest BCUT2D eigenvalue weighted by Crippen LogP contribution is -2.48. The van der Waals surface area contributed by atoms with Crippen molar-refractivity contribution in [1.82, 2.24) is 4.31 Å². The molecule has 0 amide bonds. The summed E-state index contributed by atoms with van der Waals surface area (Å²) in [6.45, 7) is 0.120. The van der Waals surface area contributed by atoms with Gasteiger partial charge in [-0.1, -0.05) is 15.9 Å². The van der Waals surface area contributed by atoms with Crippen LogP contribution in [0.1, 0.15) is 19.3 Å². The molecule has 0 aromatic heterocycles. The summed E-state index contributed by atoms with van der Waals surface area (Å²) in [5.41, 5.74) is -0.534. The Morgan fingerprint density at radius 3 is 2.74 bits per heavy atom. The van der Waals surface area contributed by atoms with Gasteiger partial charge in [0.05, 0.1) is 12.0 Å². The maximum Gasteiger partial charge on any atom is 0.324 e. The highest BCUT2D eigenvalue weighted by Crippen LogP contribution is 2.33. The molecule has 10 heteroatoms. The van der Waals surface area contributed by atoms with Gasteiger partial charge in [0.15, 0.2) is 4.90 Å². The van der Waals surface area contributed by atoms with E-state index in [2.05, 4.69) is 20.7 Å². The molecule has 1 aromatic carbocycles. The van der Waals surface area contributed by atoms with Gasteiger partial charge in [-0.15, -0.1) is 0 Å². The third kappa shape index (κ3) is 3.54. The lowest BCUT2D eigenvalue weighted by molar-refractivity contribution is -0.387. The summed E-state index contributed by atoms with van der Waals surface area (Å²) in [6.07, 6.45) is 1.60. The van der Waals surface area contributed by atoms with E-state index in [0.29, 0.717) is 23.7 Å². The summed E-state index contributed by atoms with van der Waals surface area (Å²) in [4.78, 5) is 21.9. The molecule has 1 unspecified atom stereocenters. The number of ether oxygens (including phenoxy) is 1. The third-order valence-corrected chi connectivity index (χ3v) is 6.08. The zero-order chi connectivity index (χ0) is 17.2. The molecule has 2 rings (SSSR count). The summed E-state index contributed by atoms with van der Waals surface area (Å²) in [7, 11) is -3.00. The number of esters is 1. The first-order chi connectivity index (χ1) is 10.8. The molecule has 0 saturated carbocycles. The molecule has 0 spiro atoms. The zero-order valence-corrected chi connectivity index (χ0v) is 14.7. The van der Waals surface area contributed by atoms with Crippen LogP contribution in [0.2, 0.25) is 0 Å². The fraction of sp³-hybridized carbons (Fsp3) is 0.462. The average molecular weight is 407 g/mol. The van der Waals surface area contributed by atoms with E-state index in [4.69, 9.17) is 0 Å². The second-order valence-electron chi connectivity index (χ2n) is 5.02. The minimum Gasteiger partial charge on any atom is -0.468 e. The first-order valence-corrected chi connectivity index (χ1v) is 9.06. The molecule has 1 heterocycles. The molecular formula is C13H15BrN2O6S. The van der Waals surface area contributed by atoms with E-state index < -0.39 is 37.5 Å². The maximum atomic E-state index is 12.9. The number of nitro benzene ring substituents is 1. The van der Waals surface area contributed by atoms with Crippen LogP contribution in [0, 0.1) is 10.1 Å². The first kappa shape index (κ1) is 17.8. The van der Waals surface area contributed by atoms with Crippen LogP contribution < -0.4 is 0 Å². The van der Waals surface area contributed by atoms with Crippen LogP contribution in [0.4, 0.5) is 5.69 Å². The number of sulfonamides is 1. The highest BCUT2D eigenvalue weighted by atomic mass is 79.9. The lowest BCUT2D eigenvalue weighted by atomic mass is 10.1. The van der Waals surface area contributed by atoms with Crippen molar-refractivity contribution in [3.8, 4) is 0 Å². The molecule has 0 bridgehead atoms. The summed E-state index contributed by atoms with van der Waals surface area (Å²) in [6, 6.07) is 2.75. The van der Waals surface area contributed by atoms with Gasteiger partial charge in [-0.05, 0) is 31.4 Å². The molecule has 0 radical (unpaired) electrons. The van der Waals surface area contributed by atoms with E-state index in [1.165, 1.54) is 19.2 Å². The van der Waals surface area contributed by atoms with Gasteiger partial charge in [0.25, 0.3) is 15.7 Å². The number of benzene rings is 1. The van der Waals surface area contributed by atoms with Crippen molar-refractivity contribution in [1.29, 1.82) is 0 Å². The summed E-state index contributed by atoms with van der Waals surface area (Å²) in [5.74, 6) is -0.659. The Labute approximate surface area is 141 Å². The molecule has 0 N–H and O–H groups in total. The molecule has 1 atom stereocenters. The van der Waals surface area contributed by atoms with Crippen LogP contribution in [0.25, 0.3) is 0 Å². The summed E-state index contributed by atoms with van der Waals surface area (Å²) < 4.78 is 31.8. The number of methoxy groups -OCH3 is 1. The number of piperidine rings is 1. The number of hydrogen-bond donors (Lipinski definition) is 0. The second kappa shape index (κ2) is 6.93. The predicted octanol–water partition coefficient (Wildman–Crippen LogP) is 2.07. The normalized spacial score (nSPS) is 19.3. The Balaban J connectivity index is 2.52. The second-order valence-corrected chi connectivity index (χ2v) is 7.79. The molecule has 0 aliphatic carbocycles. The first-order valence-electron chi connectivity index (χ1n) is 6.82. The molecule has 1 fully saturated rings. The third-order valence-electron chi connectivity index (χ3n) is 3.63. The molecule has 1 aromatic rings. The van der Waals surface area contributed by atoms with Gasteiger partial charge in [0.2, 0.25) is 0 Å². The van der Waals surface area contributed by atoms with Gasteiger partial charge in [-0.25, -0.2) is 8.42 Å². The van der Waals surface area contributed by atoms with Gasteiger partial charge in [-0.2, -0.15) is 4.31 Å². The Morgan fingerprint density at radius 1 is 1.43 bits per heavy atom. The average Bonchev–Trinajstić information content (AvgIpc) is 2.53. The van der Waals surface area contributed by atoms with Crippen LogP contribution in [0.3, 0.4) is 0 Å². The van der Waals surface area contributed by atoms with Crippen molar-refractivity contribution >= 4 is 37.6 Å². The van der Waals surface area contributed by atoms with Gasteiger partial charge < -0.3 is 4.74 Å². The van der Waals surface area contributed by atoms with Crippen molar-refractivity contribution in [2.45, 2.75) is 30.2 Å². The monoisotopic (exact) mass is 406 g/mol. The number of halogens is 1. The Morgan fingerprint density at radius 2 is 2.13 bits per heavy atom. The molecule has 126 valence electrons. The Bertz CT molecular complexity index is 736. The molecule has 1 aliphatic rings. The van der Waals surface area contributed by atoms with Crippen molar-refractivity contribution in [3.05, 3.63) is 32.8 Å². The van der Waals surface area contributed by atoms with E-state index in [1.54, 1.807) is 0 Å². The fourth-order valence-electron chi connectivity index (χ4n) is 2.54. The topological polar surface area (TPSA) is 107 Å². The van der Waals surface area contributed by atoms with Crippen LogP contribution in [-0.2, 0) is 19.6 Å². The molecule has 1 saturated heterocycles. The Kier molecular flexibility index (Phi) is 5.37. The van der Waals surface area contributed by atoms with E-state index in [-0.39, 0.29) is 6.54 Å². The maximum absolute atomic E-state index is 12.9. The molecular weight excluding hydrogens is 392 g/mol. The molecule has 1 aliphatic heterocycles. The number of carbonyl (C=O) groups is 1. The van der Waals surface area contributed by atoms with E-state index in [0.717, 1.165) is 10.4 Å². The van der Waals surface area contributed by atoms with Crippen LogP contribution in [0.5, 0.6) is 0 Å². The van der Waals surface area contributed by atoms with Crippen molar-refractivity contribution in [2.75, 3.05) is 13.7 Å². The number of carbonyl (C=O) groups excluding carboxylic acids is 1. The van der Waals surface area contributed by atoms with Crippen LogP contribution in [-0.4, -0.2) is 43.3 Å². The number of nitrogens with zero attached hydrogens (tertiary/aromatic N) is 2. The smallest absolute Gasteiger partial charge is 0.324 e. The molecule has 23 heavy (non-hydrogen) atoms. The largest absolute Gasteiger partial charge is 0.468 e. The number of rotatable bonds is 4. The zero-order valence-electron chi connectivity index (χ0n) is 12.3. The Hall–Kier alpha value is -1.52. The van der Waals surface area contributed by atoms with E-state index in [1.807, 2.05) is 0 Å². The van der Waals surface area contributed by atoms with Gasteiger partial charge in [-0.3, -0.25) is 14.9 Å². The van der Waals surface area contributed by atoms with Crippen molar-refractivity contribution in [3.63, 3.8) is 0 Å². The fourth-order valence-corrected chi connectivity index (χ4v) is 4.68. The minimum absolute atomic E-state index is 0.120.